The number of rotatable bonds is 9. The zero-order chi connectivity index (χ0) is 11.5. The van der Waals surface area contributed by atoms with E-state index in [1.165, 1.54) is 12.8 Å². The van der Waals surface area contributed by atoms with Crippen molar-refractivity contribution in [1.29, 1.82) is 0 Å². The molecule has 0 saturated heterocycles. The lowest BCUT2D eigenvalue weighted by Gasteiger charge is -2.12. The van der Waals surface area contributed by atoms with Crippen LogP contribution in [0.25, 0.3) is 0 Å². The third-order valence-corrected chi connectivity index (χ3v) is 2.28. The Bertz CT molecular complexity index is 180. The summed E-state index contributed by atoms with van der Waals surface area (Å²) in [6.07, 6.45) is 6.55. The number of nitrogens with one attached hydrogen (secondary N) is 2. The van der Waals surface area contributed by atoms with E-state index < -0.39 is 0 Å². The molecule has 0 aromatic carbocycles. The van der Waals surface area contributed by atoms with Gasteiger partial charge in [-0.1, -0.05) is 12.5 Å². The van der Waals surface area contributed by atoms with Gasteiger partial charge in [-0.25, -0.2) is 0 Å². The predicted octanol–water partition coefficient (Wildman–Crippen LogP) is 1.85. The van der Waals surface area contributed by atoms with Gasteiger partial charge in [-0.15, -0.1) is 6.58 Å². The molecular weight excluding hydrogens is 188 g/mol. The Morgan fingerprint density at radius 2 is 2.13 bits per heavy atom. The van der Waals surface area contributed by atoms with E-state index in [1.807, 2.05) is 19.9 Å². The molecule has 3 nitrogen and oxygen atoms in total. The van der Waals surface area contributed by atoms with E-state index in [0.717, 1.165) is 19.4 Å². The Kier molecular flexibility index (Phi) is 9.18. The van der Waals surface area contributed by atoms with Crippen molar-refractivity contribution in [3.63, 3.8) is 0 Å². The molecule has 0 aromatic heterocycles. The monoisotopic (exact) mass is 212 g/mol. The van der Waals surface area contributed by atoms with Crippen LogP contribution in [-0.2, 0) is 4.79 Å². The molecule has 0 aliphatic heterocycles. The first-order valence-electron chi connectivity index (χ1n) is 5.84. The van der Waals surface area contributed by atoms with Crippen LogP contribution in [0.1, 0.15) is 39.5 Å². The van der Waals surface area contributed by atoms with Gasteiger partial charge in [0.15, 0.2) is 0 Å². The summed E-state index contributed by atoms with van der Waals surface area (Å²) in [6.45, 7) is 9.12. The number of hydrogen-bond acceptors (Lipinski definition) is 2. The van der Waals surface area contributed by atoms with Crippen molar-refractivity contribution in [3.8, 4) is 0 Å². The molecule has 0 aliphatic rings. The fourth-order valence-electron chi connectivity index (χ4n) is 1.33. The first kappa shape index (κ1) is 14.2. The number of likely N-dealkylation sites (N-methyl/N-ethyl adjacent to an activating group) is 1. The smallest absolute Gasteiger partial charge is 0.236 e. The van der Waals surface area contributed by atoms with Crippen LogP contribution in [0.4, 0.5) is 0 Å². The van der Waals surface area contributed by atoms with E-state index in [2.05, 4.69) is 17.2 Å². The molecule has 0 aliphatic carbocycles. The van der Waals surface area contributed by atoms with Gasteiger partial charge in [-0.3, -0.25) is 4.79 Å². The maximum Gasteiger partial charge on any atom is 0.236 e. The summed E-state index contributed by atoms with van der Waals surface area (Å²) in [6, 6.07) is -0.0793. The van der Waals surface area contributed by atoms with Gasteiger partial charge in [0.25, 0.3) is 0 Å². The van der Waals surface area contributed by atoms with Crippen molar-refractivity contribution in [3.05, 3.63) is 12.7 Å². The summed E-state index contributed by atoms with van der Waals surface area (Å²) in [5, 5.41) is 6.00. The Balaban J connectivity index is 3.34. The molecule has 0 spiro atoms. The maximum atomic E-state index is 11.3. The summed E-state index contributed by atoms with van der Waals surface area (Å²) in [5.74, 6) is 0.0867. The minimum absolute atomic E-state index is 0.0793. The van der Waals surface area contributed by atoms with Gasteiger partial charge in [0.1, 0.15) is 0 Å². The van der Waals surface area contributed by atoms with Gasteiger partial charge < -0.3 is 10.6 Å². The van der Waals surface area contributed by atoms with Crippen LogP contribution >= 0.6 is 0 Å². The average molecular weight is 212 g/mol. The van der Waals surface area contributed by atoms with Gasteiger partial charge in [0.05, 0.1) is 6.04 Å². The molecule has 0 fully saturated rings. The Morgan fingerprint density at radius 3 is 2.73 bits per heavy atom. The normalized spacial score (nSPS) is 12.1. The number of carbonyl (C=O) groups excluding carboxylic acids is 1. The first-order valence-corrected chi connectivity index (χ1v) is 5.84. The Morgan fingerprint density at radius 1 is 1.40 bits per heavy atom. The molecule has 88 valence electrons. The van der Waals surface area contributed by atoms with Crippen LogP contribution in [0.3, 0.4) is 0 Å². The third-order valence-electron chi connectivity index (χ3n) is 2.28. The van der Waals surface area contributed by atoms with E-state index in [0.29, 0.717) is 6.54 Å². The lowest BCUT2D eigenvalue weighted by Crippen LogP contribution is -2.42. The van der Waals surface area contributed by atoms with Crippen molar-refractivity contribution in [2.45, 2.75) is 45.6 Å². The molecule has 15 heavy (non-hydrogen) atoms. The highest BCUT2D eigenvalue weighted by Gasteiger charge is 2.09. The van der Waals surface area contributed by atoms with Crippen molar-refractivity contribution >= 4 is 5.91 Å². The molecule has 1 amide bonds. The predicted molar refractivity (Wildman–Crippen MR) is 64.8 cm³/mol. The number of unbranched alkanes of at least 4 members (excludes halogenated alkanes) is 3. The molecule has 0 radical (unpaired) electrons. The summed E-state index contributed by atoms with van der Waals surface area (Å²) in [7, 11) is 0. The minimum atomic E-state index is -0.0793. The van der Waals surface area contributed by atoms with Crippen LogP contribution < -0.4 is 10.6 Å². The lowest BCUT2D eigenvalue weighted by molar-refractivity contribution is -0.122. The highest BCUT2D eigenvalue weighted by molar-refractivity contribution is 5.81. The molecule has 0 bridgehead atoms. The summed E-state index contributed by atoms with van der Waals surface area (Å²) in [5.41, 5.74) is 0. The van der Waals surface area contributed by atoms with E-state index in [1.54, 1.807) is 0 Å². The maximum absolute atomic E-state index is 11.3. The largest absolute Gasteiger partial charge is 0.355 e. The van der Waals surface area contributed by atoms with Crippen LogP contribution in [0.5, 0.6) is 0 Å². The fraction of sp³-hybridized carbons (Fsp3) is 0.750. The molecule has 0 rings (SSSR count). The molecule has 1 atom stereocenters. The van der Waals surface area contributed by atoms with Gasteiger partial charge >= 0.3 is 0 Å². The van der Waals surface area contributed by atoms with E-state index in [-0.39, 0.29) is 11.9 Å². The zero-order valence-electron chi connectivity index (χ0n) is 10.0. The molecule has 0 heterocycles. The van der Waals surface area contributed by atoms with Crippen molar-refractivity contribution in [2.75, 3.05) is 13.1 Å². The van der Waals surface area contributed by atoms with Gasteiger partial charge in [-0.05, 0) is 39.7 Å². The molecule has 2 N–H and O–H groups in total. The van der Waals surface area contributed by atoms with Gasteiger partial charge in [-0.2, -0.15) is 0 Å². The standard InChI is InChI=1S/C12H24N2O/c1-4-6-7-8-9-10-14-11(3)12(15)13-5-2/h4,11,14H,1,5-10H2,2-3H3,(H,13,15). The molecular formula is C12H24N2O. The first-order chi connectivity index (χ1) is 7.22. The number of carbonyl (C=O) groups is 1. The van der Waals surface area contributed by atoms with E-state index >= 15 is 0 Å². The van der Waals surface area contributed by atoms with Crippen molar-refractivity contribution in [1.82, 2.24) is 10.6 Å². The summed E-state index contributed by atoms with van der Waals surface area (Å²) < 4.78 is 0. The fourth-order valence-corrected chi connectivity index (χ4v) is 1.33. The number of allylic oxidation sites excluding steroid dienone is 1. The van der Waals surface area contributed by atoms with E-state index in [9.17, 15) is 4.79 Å². The Hall–Kier alpha value is -0.830. The van der Waals surface area contributed by atoms with E-state index in [4.69, 9.17) is 0 Å². The summed E-state index contributed by atoms with van der Waals surface area (Å²) in [4.78, 5) is 11.3. The van der Waals surface area contributed by atoms with Crippen molar-refractivity contribution < 1.29 is 4.79 Å². The second-order valence-electron chi connectivity index (χ2n) is 3.71. The average Bonchev–Trinajstić information content (AvgIpc) is 2.23. The highest BCUT2D eigenvalue weighted by atomic mass is 16.2. The summed E-state index contributed by atoms with van der Waals surface area (Å²) >= 11 is 0. The highest BCUT2D eigenvalue weighted by Crippen LogP contribution is 1.99. The van der Waals surface area contributed by atoms with Crippen LogP contribution in [-0.4, -0.2) is 25.0 Å². The van der Waals surface area contributed by atoms with Gasteiger partial charge in [0, 0.05) is 6.54 Å². The number of hydrogen-bond donors (Lipinski definition) is 2. The second kappa shape index (κ2) is 9.71. The molecule has 0 saturated carbocycles. The quantitative estimate of drug-likeness (QED) is 0.452. The van der Waals surface area contributed by atoms with Crippen LogP contribution in [0, 0.1) is 0 Å². The van der Waals surface area contributed by atoms with Crippen molar-refractivity contribution in [2.24, 2.45) is 0 Å². The lowest BCUT2D eigenvalue weighted by atomic mass is 10.2. The molecule has 1 unspecified atom stereocenters. The SMILES string of the molecule is C=CCCCCCNC(C)C(=O)NCC. The second-order valence-corrected chi connectivity index (χ2v) is 3.71. The zero-order valence-corrected chi connectivity index (χ0v) is 10.0. The van der Waals surface area contributed by atoms with Crippen LogP contribution in [0.15, 0.2) is 12.7 Å². The number of amides is 1. The molecule has 0 aromatic rings. The molecule has 3 heteroatoms. The van der Waals surface area contributed by atoms with Gasteiger partial charge in [0.2, 0.25) is 5.91 Å². The third kappa shape index (κ3) is 8.18. The minimum Gasteiger partial charge on any atom is -0.355 e. The topological polar surface area (TPSA) is 41.1 Å². The Labute approximate surface area is 93.3 Å². The van der Waals surface area contributed by atoms with Crippen LogP contribution in [0.2, 0.25) is 0 Å².